The zero-order valence-electron chi connectivity index (χ0n) is 31.8. The van der Waals surface area contributed by atoms with E-state index >= 15 is 4.39 Å². The average Bonchev–Trinajstić information content (AvgIpc) is 3.63. The third-order valence-corrected chi connectivity index (χ3v) is 13.3. The summed E-state index contributed by atoms with van der Waals surface area (Å²) in [6.07, 6.45) is 7.18. The summed E-state index contributed by atoms with van der Waals surface area (Å²) >= 11 is 6.37. The molecule has 1 N–H and O–H groups in total. The van der Waals surface area contributed by atoms with Crippen molar-refractivity contribution in [3.8, 4) is 0 Å². The first-order chi connectivity index (χ1) is 27.5. The summed E-state index contributed by atoms with van der Waals surface area (Å²) in [5.74, 6) is -2.16. The van der Waals surface area contributed by atoms with E-state index in [4.69, 9.17) is 28.1 Å². The Kier molecular flexibility index (Phi) is 9.61. The molecule has 7 heterocycles. The first-order valence-corrected chi connectivity index (χ1v) is 20.1. The Bertz CT molecular complexity index is 2180. The second kappa shape index (κ2) is 14.6. The first-order valence-electron chi connectivity index (χ1n) is 19.8. The van der Waals surface area contributed by atoms with Crippen molar-refractivity contribution in [1.82, 2.24) is 30.0 Å². The monoisotopic (exact) mass is 794 g/mol. The molecule has 6 aliphatic heterocycles. The Labute approximate surface area is 335 Å². The van der Waals surface area contributed by atoms with E-state index in [1.807, 2.05) is 35.5 Å². The van der Waals surface area contributed by atoms with Crippen LogP contribution in [0.5, 0.6) is 0 Å². The van der Waals surface area contributed by atoms with E-state index in [0.717, 1.165) is 99.8 Å². The maximum atomic E-state index is 15.4. The summed E-state index contributed by atoms with van der Waals surface area (Å²) in [6, 6.07) is 8.00. The molecule has 57 heavy (non-hydrogen) atoms. The Balaban J connectivity index is 0.734. The van der Waals surface area contributed by atoms with Crippen LogP contribution in [0.3, 0.4) is 0 Å². The van der Waals surface area contributed by atoms with Crippen LogP contribution in [0.25, 0.3) is 4.85 Å². The quantitative estimate of drug-likeness (QED) is 0.274. The fourth-order valence-electron chi connectivity index (χ4n) is 9.78. The number of anilines is 3. The summed E-state index contributed by atoms with van der Waals surface area (Å²) in [5.41, 5.74) is 3.06. The summed E-state index contributed by atoms with van der Waals surface area (Å²) in [4.78, 5) is 75.9. The van der Waals surface area contributed by atoms with E-state index in [0.29, 0.717) is 35.9 Å². The number of amides is 4. The molecular formula is C41H44ClFN10O4. The lowest BCUT2D eigenvalue weighted by molar-refractivity contribution is -0.136. The molecule has 14 nitrogen and oxygen atoms in total. The third kappa shape index (κ3) is 6.87. The molecular weight excluding hydrogens is 751 g/mol. The molecule has 1 unspecified atom stereocenters. The van der Waals surface area contributed by atoms with Gasteiger partial charge in [-0.1, -0.05) is 17.7 Å². The fourth-order valence-corrected chi connectivity index (χ4v) is 9.99. The van der Waals surface area contributed by atoms with Gasteiger partial charge in [-0.15, -0.1) is 0 Å². The maximum absolute atomic E-state index is 15.4. The maximum Gasteiger partial charge on any atom is 0.262 e. The lowest BCUT2D eigenvalue weighted by Gasteiger charge is -2.48. The van der Waals surface area contributed by atoms with E-state index in [-0.39, 0.29) is 35.1 Å². The smallest absolute Gasteiger partial charge is 0.262 e. The van der Waals surface area contributed by atoms with E-state index in [9.17, 15) is 19.2 Å². The molecule has 4 amide bonds. The van der Waals surface area contributed by atoms with Gasteiger partial charge in [0.15, 0.2) is 0 Å². The summed E-state index contributed by atoms with van der Waals surface area (Å²) < 4.78 is 15.4. The van der Waals surface area contributed by atoms with Gasteiger partial charge >= 0.3 is 0 Å². The van der Waals surface area contributed by atoms with E-state index in [2.05, 4.69) is 36.7 Å². The third-order valence-electron chi connectivity index (χ3n) is 13.0. The zero-order chi connectivity index (χ0) is 39.6. The van der Waals surface area contributed by atoms with E-state index < -0.39 is 35.5 Å². The van der Waals surface area contributed by atoms with Crippen molar-refractivity contribution in [2.45, 2.75) is 63.7 Å². The van der Waals surface area contributed by atoms with Crippen LogP contribution in [0.1, 0.15) is 65.4 Å². The van der Waals surface area contributed by atoms with Crippen molar-refractivity contribution in [2.24, 2.45) is 5.41 Å². The van der Waals surface area contributed by atoms with Crippen LogP contribution in [0.2, 0.25) is 5.02 Å². The first kappa shape index (κ1) is 37.4. The summed E-state index contributed by atoms with van der Waals surface area (Å²) in [7, 11) is 0. The van der Waals surface area contributed by atoms with Crippen LogP contribution in [0.4, 0.5) is 27.3 Å². The number of benzene rings is 2. The molecule has 9 rings (SSSR count). The van der Waals surface area contributed by atoms with Gasteiger partial charge in [-0.3, -0.25) is 44.2 Å². The number of nitrogens with one attached hydrogen (secondary N) is 1. The molecule has 0 saturated carbocycles. The zero-order valence-corrected chi connectivity index (χ0v) is 32.5. The van der Waals surface area contributed by atoms with Gasteiger partial charge in [0.05, 0.1) is 41.5 Å². The van der Waals surface area contributed by atoms with Crippen molar-refractivity contribution >= 4 is 58.1 Å². The second-order valence-electron chi connectivity index (χ2n) is 16.4. The van der Waals surface area contributed by atoms with Crippen LogP contribution in [0, 0.1) is 17.8 Å². The number of fused-ring (bicyclic) bond motifs is 1. The lowest BCUT2D eigenvalue weighted by atomic mass is 9.77. The SMILES string of the molecule is [C-]#[N+]c1ccc(N2CC3(CCN(c4cnc(CN5CC(N6CCN(c7cc8c(cc7F)C(=O)N(C7CCC(=O)NC7=O)C8=O)CC6)C5)cn4)CC3)C[C@@H]2C)cc1Cl. The van der Waals surface area contributed by atoms with Crippen LogP contribution in [0.15, 0.2) is 42.7 Å². The average molecular weight is 795 g/mol. The van der Waals surface area contributed by atoms with Gasteiger partial charge in [0.1, 0.15) is 17.7 Å². The van der Waals surface area contributed by atoms with Gasteiger partial charge in [0.25, 0.3) is 11.8 Å². The number of nitrogens with zero attached hydrogens (tertiary/aromatic N) is 9. The van der Waals surface area contributed by atoms with Crippen LogP contribution in [-0.4, -0.2) is 125 Å². The Hall–Kier alpha value is -5.17. The highest BCUT2D eigenvalue weighted by Gasteiger charge is 2.46. The minimum atomic E-state index is -1.09. The fraction of sp³-hybridized carbons (Fsp3) is 0.488. The predicted molar refractivity (Wildman–Crippen MR) is 211 cm³/mol. The Morgan fingerprint density at radius 1 is 0.947 bits per heavy atom. The van der Waals surface area contributed by atoms with Crippen molar-refractivity contribution < 1.29 is 23.6 Å². The molecule has 5 fully saturated rings. The van der Waals surface area contributed by atoms with Gasteiger partial charge in [-0.2, -0.15) is 0 Å². The number of halogens is 2. The highest BCUT2D eigenvalue weighted by atomic mass is 35.5. The molecule has 296 valence electrons. The van der Waals surface area contributed by atoms with Gasteiger partial charge in [0, 0.05) is 94.7 Å². The topological polar surface area (TPSA) is 130 Å². The van der Waals surface area contributed by atoms with E-state index in [1.165, 1.54) is 6.07 Å². The number of hydrogen-bond acceptors (Lipinski definition) is 11. The number of hydrogen-bond donors (Lipinski definition) is 1. The van der Waals surface area contributed by atoms with Crippen LogP contribution >= 0.6 is 11.6 Å². The highest BCUT2D eigenvalue weighted by molar-refractivity contribution is 6.33. The number of rotatable bonds is 7. The molecule has 1 spiro atoms. The van der Waals surface area contributed by atoms with E-state index in [1.54, 1.807) is 0 Å². The van der Waals surface area contributed by atoms with Crippen LogP contribution in [-0.2, 0) is 16.1 Å². The number of piperidine rings is 2. The largest absolute Gasteiger partial charge is 0.368 e. The van der Waals surface area contributed by atoms with Crippen LogP contribution < -0.4 is 20.0 Å². The number of imide groups is 2. The van der Waals surface area contributed by atoms with Gasteiger partial charge in [0.2, 0.25) is 17.5 Å². The second-order valence-corrected chi connectivity index (χ2v) is 16.9. The van der Waals surface area contributed by atoms with Gasteiger partial charge in [-0.25, -0.2) is 14.2 Å². The molecule has 6 aliphatic rings. The Morgan fingerprint density at radius 2 is 1.68 bits per heavy atom. The lowest BCUT2D eigenvalue weighted by Crippen LogP contribution is -2.62. The molecule has 16 heteroatoms. The molecule has 1 aromatic heterocycles. The normalized spacial score (nSPS) is 24.2. The minimum absolute atomic E-state index is 0.0231. The number of carbonyl (C=O) groups is 4. The predicted octanol–water partition coefficient (Wildman–Crippen LogP) is 4.11. The molecule has 0 aliphatic carbocycles. The van der Waals surface area contributed by atoms with Gasteiger partial charge in [-0.05, 0) is 62.3 Å². The summed E-state index contributed by atoms with van der Waals surface area (Å²) in [6.45, 7) is 17.6. The number of piperazine rings is 1. The standard InChI is InChI=1S/C41H44ClFN10O4/c1-25-18-41(24-52(25)27-3-4-33(44-2)31(42)15-27)7-9-51(10-8-41)36-20-45-26(19-46-36)21-48-22-28(23-48)49-11-13-50(14-12-49)35-17-30-29(16-32(35)43)39(56)53(40(30)57)34-5-6-37(54)47-38(34)55/h3-4,15-17,19-20,25,28,34H,5-14,18,21-24H2,1H3,(H,47,54,55)/t25-,34?/m0/s1. The van der Waals surface area contributed by atoms with Crippen molar-refractivity contribution in [3.63, 3.8) is 0 Å². The van der Waals surface area contributed by atoms with Crippen molar-refractivity contribution in [2.75, 3.05) is 73.6 Å². The van der Waals surface area contributed by atoms with Gasteiger partial charge < -0.3 is 14.7 Å². The molecule has 2 atom stereocenters. The van der Waals surface area contributed by atoms with Crippen molar-refractivity contribution in [3.05, 3.63) is 81.8 Å². The molecule has 3 aromatic rings. The number of likely N-dealkylation sites (tertiary alicyclic amines) is 1. The molecule has 0 bridgehead atoms. The number of carbonyl (C=O) groups excluding carboxylic acids is 4. The number of aromatic nitrogens is 2. The molecule has 2 aromatic carbocycles. The summed E-state index contributed by atoms with van der Waals surface area (Å²) in [5, 5.41) is 2.69. The minimum Gasteiger partial charge on any atom is -0.368 e. The Morgan fingerprint density at radius 3 is 2.35 bits per heavy atom. The van der Waals surface area contributed by atoms with Crippen molar-refractivity contribution in [1.29, 1.82) is 0 Å². The highest BCUT2D eigenvalue weighted by Crippen LogP contribution is 2.46. The molecule has 5 saturated heterocycles. The molecule has 0 radical (unpaired) electrons.